The third kappa shape index (κ3) is 5.83. The number of halogens is 2. The van der Waals surface area contributed by atoms with Crippen LogP contribution < -0.4 is 14.8 Å². The number of amides is 1. The maximum atomic E-state index is 12.0. The zero-order valence-electron chi connectivity index (χ0n) is 14.3. The van der Waals surface area contributed by atoms with Crippen molar-refractivity contribution in [3.8, 4) is 11.5 Å². The lowest BCUT2D eigenvalue weighted by Crippen LogP contribution is -2.25. The lowest BCUT2D eigenvalue weighted by atomic mass is 10.1. The molecular formula is C19H21Cl2NO3. The fourth-order valence-electron chi connectivity index (χ4n) is 2.44. The van der Waals surface area contributed by atoms with E-state index in [0.29, 0.717) is 47.4 Å². The van der Waals surface area contributed by atoms with E-state index in [9.17, 15) is 4.79 Å². The third-order valence-electron chi connectivity index (χ3n) is 3.82. The van der Waals surface area contributed by atoms with Crippen molar-refractivity contribution in [1.82, 2.24) is 5.32 Å². The fraction of sp³-hybridized carbons (Fsp3) is 0.316. The molecular weight excluding hydrogens is 361 g/mol. The Labute approximate surface area is 158 Å². The van der Waals surface area contributed by atoms with Crippen LogP contribution in [0.25, 0.3) is 0 Å². The van der Waals surface area contributed by atoms with E-state index in [1.54, 1.807) is 26.4 Å². The van der Waals surface area contributed by atoms with Gasteiger partial charge in [-0.15, -0.1) is 0 Å². The van der Waals surface area contributed by atoms with Crippen molar-refractivity contribution < 1.29 is 14.3 Å². The molecule has 0 saturated carbocycles. The van der Waals surface area contributed by atoms with Gasteiger partial charge in [0.25, 0.3) is 0 Å². The predicted octanol–water partition coefficient (Wildman–Crippen LogP) is 4.30. The Balaban J connectivity index is 1.78. The summed E-state index contributed by atoms with van der Waals surface area (Å²) in [6.45, 7) is 0.558. The van der Waals surface area contributed by atoms with Gasteiger partial charge in [0, 0.05) is 23.0 Å². The standard InChI is InChI=1S/C19H21Cl2NO3/c1-24-17-7-3-13(11-18(17)25-2)9-10-22-19(23)8-5-14-4-6-15(20)12-16(14)21/h3-4,6-7,11-12H,5,8-10H2,1-2H3,(H,22,23). The lowest BCUT2D eigenvalue weighted by molar-refractivity contribution is -0.121. The summed E-state index contributed by atoms with van der Waals surface area (Å²) in [7, 11) is 3.20. The summed E-state index contributed by atoms with van der Waals surface area (Å²) in [5.74, 6) is 1.37. The molecule has 0 aliphatic heterocycles. The van der Waals surface area contributed by atoms with Crippen molar-refractivity contribution in [2.24, 2.45) is 0 Å². The van der Waals surface area contributed by atoms with Crippen LogP contribution in [0.4, 0.5) is 0 Å². The Morgan fingerprint density at radius 2 is 1.76 bits per heavy atom. The summed E-state index contributed by atoms with van der Waals surface area (Å²) < 4.78 is 10.5. The first-order valence-corrected chi connectivity index (χ1v) is 8.70. The number of benzene rings is 2. The van der Waals surface area contributed by atoms with Crippen molar-refractivity contribution in [2.75, 3.05) is 20.8 Å². The summed E-state index contributed by atoms with van der Waals surface area (Å²) in [5, 5.41) is 4.10. The molecule has 2 rings (SSSR count). The molecule has 0 fully saturated rings. The van der Waals surface area contributed by atoms with E-state index in [2.05, 4.69) is 5.32 Å². The Morgan fingerprint density at radius 1 is 1.00 bits per heavy atom. The monoisotopic (exact) mass is 381 g/mol. The molecule has 4 nitrogen and oxygen atoms in total. The highest BCUT2D eigenvalue weighted by atomic mass is 35.5. The Morgan fingerprint density at radius 3 is 2.44 bits per heavy atom. The molecule has 1 amide bonds. The van der Waals surface area contributed by atoms with E-state index in [-0.39, 0.29) is 5.91 Å². The van der Waals surface area contributed by atoms with Gasteiger partial charge in [-0.05, 0) is 48.2 Å². The molecule has 0 saturated heterocycles. The molecule has 134 valence electrons. The van der Waals surface area contributed by atoms with Gasteiger partial charge in [-0.2, -0.15) is 0 Å². The molecule has 0 atom stereocenters. The number of hydrogen-bond donors (Lipinski definition) is 1. The van der Waals surface area contributed by atoms with Gasteiger partial charge in [-0.25, -0.2) is 0 Å². The minimum atomic E-state index is -0.00788. The SMILES string of the molecule is COc1ccc(CCNC(=O)CCc2ccc(Cl)cc2Cl)cc1OC. The van der Waals surface area contributed by atoms with E-state index in [4.69, 9.17) is 32.7 Å². The van der Waals surface area contributed by atoms with Gasteiger partial charge in [0.15, 0.2) is 11.5 Å². The van der Waals surface area contributed by atoms with Crippen molar-refractivity contribution in [1.29, 1.82) is 0 Å². The predicted molar refractivity (Wildman–Crippen MR) is 101 cm³/mol. The van der Waals surface area contributed by atoms with Crippen molar-refractivity contribution in [3.63, 3.8) is 0 Å². The summed E-state index contributed by atoms with van der Waals surface area (Å²) in [6, 6.07) is 11.0. The number of rotatable bonds is 8. The molecule has 0 spiro atoms. The van der Waals surface area contributed by atoms with Crippen LogP contribution in [-0.4, -0.2) is 26.7 Å². The van der Waals surface area contributed by atoms with Crippen LogP contribution >= 0.6 is 23.2 Å². The van der Waals surface area contributed by atoms with Crippen LogP contribution in [0.3, 0.4) is 0 Å². The largest absolute Gasteiger partial charge is 0.493 e. The first-order valence-electron chi connectivity index (χ1n) is 7.95. The zero-order valence-corrected chi connectivity index (χ0v) is 15.8. The molecule has 0 aliphatic carbocycles. The average molecular weight is 382 g/mol. The smallest absolute Gasteiger partial charge is 0.220 e. The zero-order chi connectivity index (χ0) is 18.2. The first kappa shape index (κ1) is 19.4. The quantitative estimate of drug-likeness (QED) is 0.741. The number of nitrogens with one attached hydrogen (secondary N) is 1. The Kier molecular flexibility index (Phi) is 7.41. The van der Waals surface area contributed by atoms with Gasteiger partial charge < -0.3 is 14.8 Å². The highest BCUT2D eigenvalue weighted by Crippen LogP contribution is 2.27. The minimum absolute atomic E-state index is 0.00788. The molecule has 0 bridgehead atoms. The van der Waals surface area contributed by atoms with Crippen molar-refractivity contribution in [2.45, 2.75) is 19.3 Å². The van der Waals surface area contributed by atoms with Crippen LogP contribution in [0.1, 0.15) is 17.5 Å². The maximum Gasteiger partial charge on any atom is 0.220 e. The van der Waals surface area contributed by atoms with Gasteiger partial charge >= 0.3 is 0 Å². The van der Waals surface area contributed by atoms with E-state index in [0.717, 1.165) is 11.1 Å². The summed E-state index contributed by atoms with van der Waals surface area (Å²) in [6.07, 6.45) is 1.68. The third-order valence-corrected chi connectivity index (χ3v) is 4.41. The van der Waals surface area contributed by atoms with Crippen molar-refractivity contribution >= 4 is 29.1 Å². The topological polar surface area (TPSA) is 47.6 Å². The van der Waals surface area contributed by atoms with Gasteiger partial charge in [-0.1, -0.05) is 35.3 Å². The van der Waals surface area contributed by atoms with Gasteiger partial charge in [-0.3, -0.25) is 4.79 Å². The average Bonchev–Trinajstić information content (AvgIpc) is 2.60. The molecule has 0 unspecified atom stereocenters. The lowest BCUT2D eigenvalue weighted by Gasteiger charge is -2.10. The number of hydrogen-bond acceptors (Lipinski definition) is 3. The van der Waals surface area contributed by atoms with E-state index in [1.165, 1.54) is 0 Å². The second-order valence-electron chi connectivity index (χ2n) is 5.53. The first-order chi connectivity index (χ1) is 12.0. The van der Waals surface area contributed by atoms with E-state index < -0.39 is 0 Å². The highest BCUT2D eigenvalue weighted by molar-refractivity contribution is 6.35. The van der Waals surface area contributed by atoms with Crippen LogP contribution in [0, 0.1) is 0 Å². The maximum absolute atomic E-state index is 12.0. The molecule has 25 heavy (non-hydrogen) atoms. The van der Waals surface area contributed by atoms with Gasteiger partial charge in [0.1, 0.15) is 0 Å². The summed E-state index contributed by atoms with van der Waals surface area (Å²) >= 11 is 12.0. The second-order valence-corrected chi connectivity index (χ2v) is 6.37. The second kappa shape index (κ2) is 9.54. The Hall–Kier alpha value is -1.91. The Bertz CT molecular complexity index is 735. The molecule has 0 aliphatic rings. The molecule has 0 radical (unpaired) electrons. The van der Waals surface area contributed by atoms with Gasteiger partial charge in [0.2, 0.25) is 5.91 Å². The normalized spacial score (nSPS) is 10.4. The fourth-order valence-corrected chi connectivity index (χ4v) is 2.95. The van der Waals surface area contributed by atoms with Gasteiger partial charge in [0.05, 0.1) is 14.2 Å². The molecule has 0 heterocycles. The number of aryl methyl sites for hydroxylation is 1. The summed E-state index contributed by atoms with van der Waals surface area (Å²) in [5.41, 5.74) is 1.99. The summed E-state index contributed by atoms with van der Waals surface area (Å²) in [4.78, 5) is 12.0. The van der Waals surface area contributed by atoms with Crippen LogP contribution in [0.2, 0.25) is 10.0 Å². The number of carbonyl (C=O) groups excluding carboxylic acids is 1. The van der Waals surface area contributed by atoms with Crippen LogP contribution in [0.15, 0.2) is 36.4 Å². The van der Waals surface area contributed by atoms with E-state index >= 15 is 0 Å². The molecule has 6 heteroatoms. The van der Waals surface area contributed by atoms with E-state index in [1.807, 2.05) is 24.3 Å². The van der Waals surface area contributed by atoms with Crippen LogP contribution in [0.5, 0.6) is 11.5 Å². The molecule has 2 aromatic rings. The molecule has 2 aromatic carbocycles. The number of methoxy groups -OCH3 is 2. The van der Waals surface area contributed by atoms with Crippen LogP contribution in [-0.2, 0) is 17.6 Å². The molecule has 0 aromatic heterocycles. The minimum Gasteiger partial charge on any atom is -0.493 e. The highest BCUT2D eigenvalue weighted by Gasteiger charge is 2.07. The van der Waals surface area contributed by atoms with Crippen molar-refractivity contribution in [3.05, 3.63) is 57.6 Å². The molecule has 1 N–H and O–H groups in total. The number of carbonyl (C=O) groups is 1. The number of ether oxygens (including phenoxy) is 2.